The van der Waals surface area contributed by atoms with E-state index in [-0.39, 0.29) is 13.0 Å². The van der Waals surface area contributed by atoms with Crippen molar-refractivity contribution >= 4 is 6.09 Å². The summed E-state index contributed by atoms with van der Waals surface area (Å²) in [6, 6.07) is 8.93. The number of nitrogens with zero attached hydrogens (tertiary/aromatic N) is 2. The highest BCUT2D eigenvalue weighted by Crippen LogP contribution is 2.31. The molecule has 8 heteroatoms. The zero-order valence-electron chi connectivity index (χ0n) is 18.4. The summed E-state index contributed by atoms with van der Waals surface area (Å²) in [6.07, 6.45) is -0.944. The van der Waals surface area contributed by atoms with Gasteiger partial charge in [0.25, 0.3) is 0 Å². The maximum absolute atomic E-state index is 13.2. The molecule has 0 bridgehead atoms. The first-order chi connectivity index (χ1) is 14.0. The zero-order valence-corrected chi connectivity index (χ0v) is 18.4. The molecule has 1 heterocycles. The highest BCUT2D eigenvalue weighted by molar-refractivity contribution is 5.68. The van der Waals surface area contributed by atoms with Gasteiger partial charge in [0.1, 0.15) is 17.0 Å². The Morgan fingerprint density at radius 1 is 1.23 bits per heavy atom. The number of carbonyl (C=O) groups excluding carboxylic acids is 1. The van der Waals surface area contributed by atoms with Crippen molar-refractivity contribution in [1.82, 2.24) is 10.1 Å². The summed E-state index contributed by atoms with van der Waals surface area (Å²) in [5.41, 5.74) is 0.326. The van der Waals surface area contributed by atoms with Crippen molar-refractivity contribution < 1.29 is 28.3 Å². The van der Waals surface area contributed by atoms with Gasteiger partial charge in [-0.3, -0.25) is 9.29 Å². The van der Waals surface area contributed by atoms with Gasteiger partial charge >= 0.3 is 6.09 Å². The lowest BCUT2D eigenvalue weighted by Gasteiger charge is -2.39. The summed E-state index contributed by atoms with van der Waals surface area (Å²) >= 11 is 0. The highest BCUT2D eigenvalue weighted by Gasteiger charge is 2.34. The molecule has 7 nitrogen and oxygen atoms in total. The summed E-state index contributed by atoms with van der Waals surface area (Å²) in [5, 5.41) is 12.9. The predicted molar refractivity (Wildman–Crippen MR) is 110 cm³/mol. The van der Waals surface area contributed by atoms with E-state index in [1.807, 2.05) is 24.3 Å². The van der Waals surface area contributed by atoms with Gasteiger partial charge in [-0.15, -0.1) is 0 Å². The molecule has 2 aromatic rings. The van der Waals surface area contributed by atoms with E-state index < -0.39 is 30.2 Å². The fourth-order valence-electron chi connectivity index (χ4n) is 2.75. The van der Waals surface area contributed by atoms with Crippen LogP contribution in [0.5, 0.6) is 0 Å². The van der Waals surface area contributed by atoms with E-state index in [9.17, 15) is 9.18 Å². The number of benzene rings is 1. The molecular weight excluding hydrogens is 391 g/mol. The van der Waals surface area contributed by atoms with E-state index in [0.717, 1.165) is 11.1 Å². The van der Waals surface area contributed by atoms with Gasteiger partial charge in [-0.1, -0.05) is 29.4 Å². The normalized spacial score (nSPS) is 13.2. The van der Waals surface area contributed by atoms with E-state index in [1.54, 1.807) is 47.7 Å². The summed E-state index contributed by atoms with van der Waals surface area (Å²) in [5.74, 6) is 0.526. The third kappa shape index (κ3) is 6.27. The number of aliphatic hydroxyl groups is 1. The number of hydrogen-bond acceptors (Lipinski definition) is 6. The Bertz CT molecular complexity index is 827. The second kappa shape index (κ2) is 9.57. The fraction of sp³-hybridized carbons (Fsp3) is 0.545. The lowest BCUT2D eigenvalue weighted by molar-refractivity contribution is -0.155. The lowest BCUT2D eigenvalue weighted by Crippen LogP contribution is -2.49. The molecule has 0 fully saturated rings. The van der Waals surface area contributed by atoms with Gasteiger partial charge < -0.3 is 19.1 Å². The molecule has 30 heavy (non-hydrogen) atoms. The Labute approximate surface area is 176 Å². The third-order valence-electron chi connectivity index (χ3n) is 4.57. The summed E-state index contributed by atoms with van der Waals surface area (Å²) in [6.45, 7) is 8.08. The second-order valence-corrected chi connectivity index (χ2v) is 8.53. The molecule has 0 aliphatic rings. The van der Waals surface area contributed by atoms with Crippen LogP contribution in [-0.4, -0.2) is 46.3 Å². The van der Waals surface area contributed by atoms with Crippen molar-refractivity contribution in [3.63, 3.8) is 0 Å². The molecule has 0 saturated heterocycles. The molecule has 166 valence electrons. The van der Waals surface area contributed by atoms with Crippen LogP contribution in [0.2, 0.25) is 0 Å². The minimum atomic E-state index is -1.03. The maximum atomic E-state index is 13.2. The van der Waals surface area contributed by atoms with Crippen LogP contribution in [0.4, 0.5) is 9.18 Å². The van der Waals surface area contributed by atoms with E-state index in [1.165, 1.54) is 4.90 Å². The third-order valence-corrected chi connectivity index (χ3v) is 4.57. The number of hydrogen-bond donors (Lipinski definition) is 1. The van der Waals surface area contributed by atoms with E-state index >= 15 is 0 Å². The molecule has 0 aliphatic carbocycles. The molecule has 0 spiro atoms. The predicted octanol–water partition coefficient (Wildman–Crippen LogP) is 4.85. The van der Waals surface area contributed by atoms with E-state index in [4.69, 9.17) is 19.1 Å². The van der Waals surface area contributed by atoms with Crippen LogP contribution in [0.15, 0.2) is 34.9 Å². The van der Waals surface area contributed by atoms with Crippen molar-refractivity contribution in [2.45, 2.75) is 65.1 Å². The molecule has 1 atom stereocenters. The topological polar surface area (TPSA) is 85.0 Å². The van der Waals surface area contributed by atoms with Crippen molar-refractivity contribution in [2.75, 3.05) is 13.7 Å². The van der Waals surface area contributed by atoms with Crippen molar-refractivity contribution in [3.05, 3.63) is 41.6 Å². The number of aliphatic hydroxyl groups excluding tert-OH is 1. The van der Waals surface area contributed by atoms with Gasteiger partial charge in [0.2, 0.25) is 0 Å². The van der Waals surface area contributed by atoms with Crippen LogP contribution < -0.4 is 0 Å². The fourth-order valence-corrected chi connectivity index (χ4v) is 2.75. The zero-order chi connectivity index (χ0) is 22.5. The minimum absolute atomic E-state index is 0.141. The number of ether oxygens (including phenoxy) is 2. The van der Waals surface area contributed by atoms with Gasteiger partial charge in [-0.05, 0) is 40.2 Å². The quantitative estimate of drug-likeness (QED) is 0.612. The Balaban J connectivity index is 2.17. The summed E-state index contributed by atoms with van der Waals surface area (Å²) in [7, 11) is 1.59. The van der Waals surface area contributed by atoms with Gasteiger partial charge in [0.05, 0.1) is 19.4 Å². The Kier molecular flexibility index (Phi) is 7.60. The van der Waals surface area contributed by atoms with E-state index in [0.29, 0.717) is 11.5 Å². The molecule has 1 amide bonds. The number of alkyl halides is 1. The van der Waals surface area contributed by atoms with Gasteiger partial charge in [-0.25, -0.2) is 4.79 Å². The number of halogens is 1. The molecule has 1 unspecified atom stereocenters. The maximum Gasteiger partial charge on any atom is 0.412 e. The van der Waals surface area contributed by atoms with E-state index in [2.05, 4.69) is 5.16 Å². The van der Waals surface area contributed by atoms with Crippen molar-refractivity contribution in [2.24, 2.45) is 0 Å². The molecule has 0 radical (unpaired) electrons. The van der Waals surface area contributed by atoms with Gasteiger partial charge in [0, 0.05) is 25.1 Å². The first-order valence-corrected chi connectivity index (χ1v) is 9.84. The number of carbonyl (C=O) groups is 1. The van der Waals surface area contributed by atoms with Crippen LogP contribution in [0.25, 0.3) is 11.3 Å². The molecule has 0 aliphatic heterocycles. The monoisotopic (exact) mass is 422 g/mol. The number of rotatable bonds is 8. The average molecular weight is 422 g/mol. The molecule has 1 N–H and O–H groups in total. The van der Waals surface area contributed by atoms with Crippen LogP contribution in [0.1, 0.15) is 58.4 Å². The summed E-state index contributed by atoms with van der Waals surface area (Å²) in [4.78, 5) is 13.8. The number of aromatic nitrogens is 1. The Morgan fingerprint density at radius 2 is 1.87 bits per heavy atom. The van der Waals surface area contributed by atoms with Crippen molar-refractivity contribution in [1.29, 1.82) is 0 Å². The highest BCUT2D eigenvalue weighted by atomic mass is 19.1. The second-order valence-electron chi connectivity index (χ2n) is 8.53. The number of amides is 1. The summed E-state index contributed by atoms with van der Waals surface area (Å²) < 4.78 is 30.0. The largest absolute Gasteiger partial charge is 0.444 e. The average Bonchev–Trinajstić information content (AvgIpc) is 3.15. The van der Waals surface area contributed by atoms with Gasteiger partial charge in [-0.2, -0.15) is 0 Å². The first-order valence-electron chi connectivity index (χ1n) is 9.84. The lowest BCUT2D eigenvalue weighted by atomic mass is 10.0. The SMILES string of the molecule is CN(C(=O)OC(C)(C)C)C(C)(C)OC(CCF)c1ccc(-c2cc(CO)no2)cc1. The minimum Gasteiger partial charge on any atom is -0.444 e. The van der Waals surface area contributed by atoms with Crippen molar-refractivity contribution in [3.8, 4) is 11.3 Å². The standard InChI is InChI=1S/C22H31FN2O5/c1-21(2,3)29-20(27)25(6)22(4,5)28-18(11-12-23)15-7-9-16(10-8-15)19-13-17(14-26)24-30-19/h7-10,13,18,26H,11-12,14H2,1-6H3. The molecular formula is C22H31FN2O5. The van der Waals surface area contributed by atoms with Crippen LogP contribution in [0, 0.1) is 0 Å². The smallest absolute Gasteiger partial charge is 0.412 e. The van der Waals surface area contributed by atoms with Crippen LogP contribution in [-0.2, 0) is 16.1 Å². The first kappa shape index (κ1) is 23.8. The Morgan fingerprint density at radius 3 is 2.37 bits per heavy atom. The molecule has 2 rings (SSSR count). The molecule has 1 aromatic heterocycles. The Hall–Kier alpha value is -2.45. The van der Waals surface area contributed by atoms with Gasteiger partial charge in [0.15, 0.2) is 5.76 Å². The van der Waals surface area contributed by atoms with Crippen LogP contribution >= 0.6 is 0 Å². The molecule has 0 saturated carbocycles. The molecule has 1 aromatic carbocycles. The van der Waals surface area contributed by atoms with Crippen LogP contribution in [0.3, 0.4) is 0 Å².